The minimum absolute atomic E-state index is 0.222. The molecule has 1 unspecified atom stereocenters. The predicted octanol–water partition coefficient (Wildman–Crippen LogP) is 1.08. The van der Waals surface area contributed by atoms with Gasteiger partial charge in [-0.15, -0.1) is 0 Å². The fraction of sp³-hybridized carbons (Fsp3) is 0.600. The van der Waals surface area contributed by atoms with E-state index in [1.165, 1.54) is 0 Å². The van der Waals surface area contributed by atoms with E-state index in [4.69, 9.17) is 9.47 Å². The van der Waals surface area contributed by atoms with E-state index in [0.29, 0.717) is 36.9 Å². The maximum absolute atomic E-state index is 12.7. The maximum atomic E-state index is 12.7. The number of rotatable bonds is 7. The molecular weight excluding hydrogens is 304 g/mol. The summed E-state index contributed by atoms with van der Waals surface area (Å²) in [6.45, 7) is 2.04. The molecule has 1 aromatic carbocycles. The van der Waals surface area contributed by atoms with Crippen molar-refractivity contribution in [2.45, 2.75) is 23.8 Å². The number of benzene rings is 1. The van der Waals surface area contributed by atoms with Gasteiger partial charge < -0.3 is 14.8 Å². The molecule has 0 radical (unpaired) electrons. The van der Waals surface area contributed by atoms with Gasteiger partial charge in [-0.2, -0.15) is 4.31 Å². The van der Waals surface area contributed by atoms with E-state index in [2.05, 4.69) is 5.32 Å². The summed E-state index contributed by atoms with van der Waals surface area (Å²) in [5.74, 6) is 0.641. The summed E-state index contributed by atoms with van der Waals surface area (Å²) in [6.07, 6.45) is 1.89. The molecule has 0 aromatic heterocycles. The molecule has 6 nitrogen and oxygen atoms in total. The molecule has 124 valence electrons. The van der Waals surface area contributed by atoms with Crippen LogP contribution in [-0.2, 0) is 14.8 Å². The van der Waals surface area contributed by atoms with Crippen molar-refractivity contribution >= 4 is 10.0 Å². The molecule has 0 bridgehead atoms. The van der Waals surface area contributed by atoms with Crippen LogP contribution in [0.25, 0.3) is 0 Å². The largest absolute Gasteiger partial charge is 0.491 e. The molecule has 0 aliphatic carbocycles. The lowest BCUT2D eigenvalue weighted by molar-refractivity contribution is 0.146. The summed E-state index contributed by atoms with van der Waals surface area (Å²) in [5, 5.41) is 3.16. The second-order valence-electron chi connectivity index (χ2n) is 5.30. The van der Waals surface area contributed by atoms with Crippen molar-refractivity contribution in [2.24, 2.45) is 0 Å². The smallest absolute Gasteiger partial charge is 0.243 e. The summed E-state index contributed by atoms with van der Waals surface area (Å²) in [4.78, 5) is 0.309. The fourth-order valence-electron chi connectivity index (χ4n) is 2.50. The number of methoxy groups -OCH3 is 1. The highest BCUT2D eigenvalue weighted by atomic mass is 32.2. The van der Waals surface area contributed by atoms with Crippen LogP contribution in [0.2, 0.25) is 0 Å². The van der Waals surface area contributed by atoms with Crippen molar-refractivity contribution in [1.29, 1.82) is 0 Å². The summed E-state index contributed by atoms with van der Waals surface area (Å²) in [5.41, 5.74) is 0. The number of piperidine rings is 1. The minimum atomic E-state index is -3.43. The molecule has 0 amide bonds. The topological polar surface area (TPSA) is 67.9 Å². The van der Waals surface area contributed by atoms with Gasteiger partial charge in [0.25, 0.3) is 0 Å². The zero-order chi connectivity index (χ0) is 16.0. The number of likely N-dealkylation sites (N-methyl/N-ethyl adjacent to an activating group) is 1. The third-order valence-corrected chi connectivity index (χ3v) is 5.69. The van der Waals surface area contributed by atoms with Crippen LogP contribution in [0.4, 0.5) is 0 Å². The summed E-state index contributed by atoms with van der Waals surface area (Å²) < 4.78 is 37.2. The highest BCUT2D eigenvalue weighted by Crippen LogP contribution is 2.22. The van der Waals surface area contributed by atoms with Gasteiger partial charge in [0, 0.05) is 26.2 Å². The standard InChI is InChI=1S/C15H24N2O4S/c1-16-13-4-3-9-17(12-13)22(18,19)15-7-5-14(6-8-15)21-11-10-20-2/h5-8,13,16H,3-4,9-12H2,1-2H3. The van der Waals surface area contributed by atoms with Crippen LogP contribution in [0.5, 0.6) is 5.75 Å². The zero-order valence-corrected chi connectivity index (χ0v) is 13.9. The first kappa shape index (κ1) is 17.2. The van der Waals surface area contributed by atoms with Gasteiger partial charge in [0.1, 0.15) is 12.4 Å². The van der Waals surface area contributed by atoms with Gasteiger partial charge in [0.15, 0.2) is 0 Å². The average molecular weight is 328 g/mol. The van der Waals surface area contributed by atoms with Crippen molar-refractivity contribution in [3.63, 3.8) is 0 Å². The van der Waals surface area contributed by atoms with Crippen molar-refractivity contribution in [3.8, 4) is 5.75 Å². The quantitative estimate of drug-likeness (QED) is 0.759. The maximum Gasteiger partial charge on any atom is 0.243 e. The average Bonchev–Trinajstić information content (AvgIpc) is 2.55. The number of nitrogens with one attached hydrogen (secondary N) is 1. The van der Waals surface area contributed by atoms with Gasteiger partial charge in [0.2, 0.25) is 10.0 Å². The lowest BCUT2D eigenvalue weighted by Gasteiger charge is -2.31. The molecule has 1 aromatic rings. The van der Waals surface area contributed by atoms with Gasteiger partial charge >= 0.3 is 0 Å². The molecule has 1 atom stereocenters. The van der Waals surface area contributed by atoms with E-state index >= 15 is 0 Å². The first-order valence-corrected chi connectivity index (χ1v) is 8.91. The predicted molar refractivity (Wildman–Crippen MR) is 84.7 cm³/mol. The van der Waals surface area contributed by atoms with Crippen LogP contribution in [0.3, 0.4) is 0 Å². The summed E-state index contributed by atoms with van der Waals surface area (Å²) >= 11 is 0. The van der Waals surface area contributed by atoms with Gasteiger partial charge in [0.05, 0.1) is 11.5 Å². The second kappa shape index (κ2) is 7.92. The third kappa shape index (κ3) is 4.19. The first-order valence-electron chi connectivity index (χ1n) is 7.47. The van der Waals surface area contributed by atoms with Gasteiger partial charge in [-0.1, -0.05) is 0 Å². The van der Waals surface area contributed by atoms with E-state index in [0.717, 1.165) is 12.8 Å². The lowest BCUT2D eigenvalue weighted by Crippen LogP contribution is -2.46. The zero-order valence-electron chi connectivity index (χ0n) is 13.1. The Labute approximate surface area is 132 Å². The molecule has 1 N–H and O–H groups in total. The van der Waals surface area contributed by atoms with E-state index in [9.17, 15) is 8.42 Å². The van der Waals surface area contributed by atoms with Crippen molar-refractivity contribution in [1.82, 2.24) is 9.62 Å². The van der Waals surface area contributed by atoms with Crippen molar-refractivity contribution < 1.29 is 17.9 Å². The molecule has 0 saturated carbocycles. The summed E-state index contributed by atoms with van der Waals surface area (Å²) in [7, 11) is 0.0413. The third-order valence-electron chi connectivity index (χ3n) is 3.81. The van der Waals surface area contributed by atoms with E-state index in [1.807, 2.05) is 7.05 Å². The highest BCUT2D eigenvalue weighted by molar-refractivity contribution is 7.89. The minimum Gasteiger partial charge on any atom is -0.491 e. The van der Waals surface area contributed by atoms with E-state index in [-0.39, 0.29) is 6.04 Å². The fourth-order valence-corrected chi connectivity index (χ4v) is 4.02. The highest BCUT2D eigenvalue weighted by Gasteiger charge is 2.29. The molecule has 22 heavy (non-hydrogen) atoms. The van der Waals surface area contributed by atoms with Crippen LogP contribution >= 0.6 is 0 Å². The number of hydrogen-bond acceptors (Lipinski definition) is 5. The Bertz CT molecular complexity index is 559. The number of nitrogens with zero attached hydrogens (tertiary/aromatic N) is 1. The second-order valence-corrected chi connectivity index (χ2v) is 7.24. The van der Waals surface area contributed by atoms with Crippen LogP contribution in [0.15, 0.2) is 29.2 Å². The lowest BCUT2D eigenvalue weighted by atomic mass is 10.1. The number of sulfonamides is 1. The van der Waals surface area contributed by atoms with Crippen LogP contribution in [0, 0.1) is 0 Å². The van der Waals surface area contributed by atoms with Gasteiger partial charge in [-0.3, -0.25) is 0 Å². The van der Waals surface area contributed by atoms with E-state index < -0.39 is 10.0 Å². The molecule has 1 fully saturated rings. The van der Waals surface area contributed by atoms with Gasteiger partial charge in [-0.25, -0.2) is 8.42 Å². The molecule has 2 rings (SSSR count). The monoisotopic (exact) mass is 328 g/mol. The molecule has 1 aliphatic heterocycles. The molecule has 0 spiro atoms. The normalized spacial score (nSPS) is 20.0. The Hall–Kier alpha value is -1.15. The summed E-state index contributed by atoms with van der Waals surface area (Å²) in [6, 6.07) is 6.78. The Kier molecular flexibility index (Phi) is 6.19. The van der Waals surface area contributed by atoms with Gasteiger partial charge in [-0.05, 0) is 44.2 Å². The van der Waals surface area contributed by atoms with E-state index in [1.54, 1.807) is 35.7 Å². The molecule has 1 heterocycles. The van der Waals surface area contributed by atoms with Crippen LogP contribution < -0.4 is 10.1 Å². The molecule has 7 heteroatoms. The van der Waals surface area contributed by atoms with Crippen LogP contribution in [-0.4, -0.2) is 59.2 Å². The molecule has 1 aliphatic rings. The SMILES string of the molecule is CNC1CCCN(S(=O)(=O)c2ccc(OCCOC)cc2)C1. The number of hydrogen-bond donors (Lipinski definition) is 1. The Morgan fingerprint density at radius 2 is 2.00 bits per heavy atom. The number of ether oxygens (including phenoxy) is 2. The Morgan fingerprint density at radius 3 is 2.64 bits per heavy atom. The van der Waals surface area contributed by atoms with Crippen molar-refractivity contribution in [2.75, 3.05) is 40.5 Å². The Balaban J connectivity index is 2.05. The van der Waals surface area contributed by atoms with Crippen molar-refractivity contribution in [3.05, 3.63) is 24.3 Å². The van der Waals surface area contributed by atoms with Crippen LogP contribution in [0.1, 0.15) is 12.8 Å². The Morgan fingerprint density at radius 1 is 1.27 bits per heavy atom. The molecular formula is C15H24N2O4S. The molecule has 1 saturated heterocycles. The first-order chi connectivity index (χ1) is 10.6.